The minimum Gasteiger partial charge on any atom is -0.377 e. The van der Waals surface area contributed by atoms with E-state index in [1.54, 1.807) is 32.6 Å². The van der Waals surface area contributed by atoms with Gasteiger partial charge in [0.25, 0.3) is 0 Å². The molecule has 2 amide bonds. The van der Waals surface area contributed by atoms with Gasteiger partial charge in [-0.25, -0.2) is 4.57 Å². The van der Waals surface area contributed by atoms with Crippen LogP contribution in [-0.4, -0.2) is 63.6 Å². The first-order valence-electron chi connectivity index (χ1n) is 14.2. The van der Waals surface area contributed by atoms with Crippen LogP contribution in [0.1, 0.15) is 57.2 Å². The summed E-state index contributed by atoms with van der Waals surface area (Å²) in [6.45, 7) is 8.87. The number of carbonyl (C=O) groups excluding carboxylic acids is 2. The fourth-order valence-electron chi connectivity index (χ4n) is 4.05. The highest BCUT2D eigenvalue weighted by Crippen LogP contribution is 2.51. The van der Waals surface area contributed by atoms with E-state index in [-0.39, 0.29) is 50.1 Å². The Morgan fingerprint density at radius 1 is 0.833 bits per heavy atom. The second kappa shape index (κ2) is 17.2. The van der Waals surface area contributed by atoms with E-state index in [9.17, 15) is 14.2 Å². The van der Waals surface area contributed by atoms with Crippen molar-refractivity contribution in [2.45, 2.75) is 59.3 Å². The van der Waals surface area contributed by atoms with Gasteiger partial charge in [0.1, 0.15) is 0 Å². The average Bonchev–Trinajstić information content (AvgIpc) is 2.93. The lowest BCUT2D eigenvalue weighted by molar-refractivity contribution is -0.125. The van der Waals surface area contributed by atoms with Crippen molar-refractivity contribution in [3.8, 4) is 11.8 Å². The van der Waals surface area contributed by atoms with Crippen molar-refractivity contribution in [3.05, 3.63) is 65.2 Å². The lowest BCUT2D eigenvalue weighted by Crippen LogP contribution is -2.34. The highest BCUT2D eigenvalue weighted by atomic mass is 31.2. The van der Waals surface area contributed by atoms with E-state index in [1.807, 2.05) is 48.5 Å². The molecule has 0 atom stereocenters. The Morgan fingerprint density at radius 2 is 1.43 bits per heavy atom. The van der Waals surface area contributed by atoms with Crippen LogP contribution in [0.5, 0.6) is 0 Å². The number of fused-ring (bicyclic) bond motifs is 2. The summed E-state index contributed by atoms with van der Waals surface area (Å²) in [5.74, 6) is 6.01. The molecule has 0 fully saturated rings. The predicted octanol–water partition coefficient (Wildman–Crippen LogP) is 4.84. The maximum absolute atomic E-state index is 13.2. The molecule has 1 aliphatic rings. The summed E-state index contributed by atoms with van der Waals surface area (Å²) in [5, 5.41) is 2.78. The molecule has 0 unspecified atom stereocenters. The Morgan fingerprint density at radius 3 is 2.14 bits per heavy atom. The zero-order chi connectivity index (χ0) is 30.4. The van der Waals surface area contributed by atoms with Crippen molar-refractivity contribution in [3.63, 3.8) is 0 Å². The molecule has 11 heteroatoms. The fourth-order valence-corrected chi connectivity index (χ4v) is 5.55. The molecule has 228 valence electrons. The molecule has 0 aliphatic carbocycles. The van der Waals surface area contributed by atoms with Gasteiger partial charge in [-0.15, -0.1) is 0 Å². The van der Waals surface area contributed by atoms with Gasteiger partial charge in [0.15, 0.2) is 0 Å². The van der Waals surface area contributed by atoms with Gasteiger partial charge in [-0.3, -0.25) is 23.2 Å². The Labute approximate surface area is 248 Å². The zero-order valence-corrected chi connectivity index (χ0v) is 25.7. The number of rotatable bonds is 17. The number of benzene rings is 2. The SMILES string of the molecule is CC(C)OP(=O)(OCCOCCOCCNC(=O)CCC(=O)N1Cc2ccccc2C#Cc2ccccc21)OC(C)C. The number of phosphoric ester groups is 1. The van der Waals surface area contributed by atoms with Crippen LogP contribution < -0.4 is 10.2 Å². The standard InChI is InChI=1S/C31H41N2O8P/c1-24(2)40-42(36,41-25(3)4)39-22-21-38-20-19-37-18-17-32-30(34)15-16-31(35)33-23-28-11-6-5-9-26(28)13-14-27-10-7-8-12-29(27)33/h5-12,24-25H,15-23H2,1-4H3,(H,32,34). The first kappa shape index (κ1) is 33.5. The molecule has 42 heavy (non-hydrogen) atoms. The van der Waals surface area contributed by atoms with Gasteiger partial charge in [0.05, 0.1) is 57.5 Å². The third-order valence-corrected chi connectivity index (χ3v) is 7.70. The van der Waals surface area contributed by atoms with Crippen LogP contribution in [-0.2, 0) is 43.7 Å². The molecule has 0 saturated heterocycles. The molecule has 1 N–H and O–H groups in total. The predicted molar refractivity (Wildman–Crippen MR) is 160 cm³/mol. The molecule has 0 aromatic heterocycles. The van der Waals surface area contributed by atoms with Crippen LogP contribution in [0.15, 0.2) is 48.5 Å². The van der Waals surface area contributed by atoms with Crippen LogP contribution in [0.2, 0.25) is 0 Å². The molecular weight excluding hydrogens is 559 g/mol. The maximum atomic E-state index is 13.2. The Kier molecular flexibility index (Phi) is 13.7. The quantitative estimate of drug-likeness (QED) is 0.156. The molecule has 2 aromatic rings. The Hall–Kier alpha value is -3.03. The largest absolute Gasteiger partial charge is 0.475 e. The fraction of sp³-hybridized carbons (Fsp3) is 0.484. The first-order valence-corrected chi connectivity index (χ1v) is 15.7. The van der Waals surface area contributed by atoms with Crippen molar-refractivity contribution >= 4 is 25.3 Å². The van der Waals surface area contributed by atoms with Crippen molar-refractivity contribution in [2.75, 3.05) is 44.5 Å². The number of nitrogens with zero attached hydrogens (tertiary/aromatic N) is 1. The van der Waals surface area contributed by atoms with Gasteiger partial charge in [-0.2, -0.15) is 0 Å². The average molecular weight is 601 g/mol. The molecule has 0 bridgehead atoms. The minimum atomic E-state index is -3.64. The zero-order valence-electron chi connectivity index (χ0n) is 24.8. The molecule has 3 rings (SSSR count). The number of phosphoric acid groups is 1. The van der Waals surface area contributed by atoms with E-state index in [0.29, 0.717) is 32.9 Å². The molecule has 10 nitrogen and oxygen atoms in total. The number of nitrogens with one attached hydrogen (secondary N) is 1. The maximum Gasteiger partial charge on any atom is 0.475 e. The second-order valence-electron chi connectivity index (χ2n) is 10.1. The van der Waals surface area contributed by atoms with Gasteiger partial charge < -0.3 is 19.7 Å². The van der Waals surface area contributed by atoms with Crippen molar-refractivity contribution < 1.29 is 37.2 Å². The van der Waals surface area contributed by atoms with Gasteiger partial charge in [-0.05, 0) is 51.5 Å². The number of ether oxygens (including phenoxy) is 2. The topological polar surface area (TPSA) is 113 Å². The third-order valence-electron chi connectivity index (χ3n) is 5.84. The number of para-hydroxylation sites is 1. The normalized spacial score (nSPS) is 12.7. The van der Waals surface area contributed by atoms with Crippen LogP contribution in [0.25, 0.3) is 0 Å². The third kappa shape index (κ3) is 11.3. The van der Waals surface area contributed by atoms with Crippen LogP contribution in [0, 0.1) is 11.8 Å². The number of anilines is 1. The highest BCUT2D eigenvalue weighted by molar-refractivity contribution is 7.48. The first-order chi connectivity index (χ1) is 20.2. The number of amides is 2. The Bertz CT molecular complexity index is 1270. The number of carbonyl (C=O) groups is 2. The lowest BCUT2D eigenvalue weighted by Gasteiger charge is -2.26. The van der Waals surface area contributed by atoms with Gasteiger partial charge in [-0.1, -0.05) is 42.2 Å². The minimum absolute atomic E-state index is 0.0500. The summed E-state index contributed by atoms with van der Waals surface area (Å²) in [5.41, 5.74) is 3.37. The summed E-state index contributed by atoms with van der Waals surface area (Å²) in [4.78, 5) is 27.3. The van der Waals surface area contributed by atoms with Crippen molar-refractivity contribution in [2.24, 2.45) is 0 Å². The molecular formula is C31H41N2O8P. The van der Waals surface area contributed by atoms with Crippen LogP contribution in [0.4, 0.5) is 5.69 Å². The Balaban J connectivity index is 1.31. The van der Waals surface area contributed by atoms with Crippen LogP contribution in [0.3, 0.4) is 0 Å². The van der Waals surface area contributed by atoms with E-state index < -0.39 is 7.82 Å². The second-order valence-corrected chi connectivity index (χ2v) is 11.6. The summed E-state index contributed by atoms with van der Waals surface area (Å²) in [7, 11) is -3.64. The molecule has 1 aliphatic heterocycles. The van der Waals surface area contributed by atoms with E-state index >= 15 is 0 Å². The van der Waals surface area contributed by atoms with Crippen LogP contribution >= 0.6 is 7.82 Å². The summed E-state index contributed by atoms with van der Waals surface area (Å²) in [6, 6.07) is 15.3. The number of hydrogen-bond donors (Lipinski definition) is 1. The molecule has 0 radical (unpaired) electrons. The highest BCUT2D eigenvalue weighted by Gasteiger charge is 2.29. The van der Waals surface area contributed by atoms with E-state index in [4.69, 9.17) is 23.0 Å². The molecule has 1 heterocycles. The van der Waals surface area contributed by atoms with Gasteiger partial charge in [0.2, 0.25) is 11.8 Å². The molecule has 0 saturated carbocycles. The van der Waals surface area contributed by atoms with Crippen molar-refractivity contribution in [1.82, 2.24) is 5.32 Å². The monoisotopic (exact) mass is 600 g/mol. The number of hydrogen-bond acceptors (Lipinski definition) is 8. The smallest absolute Gasteiger partial charge is 0.377 e. The summed E-state index contributed by atoms with van der Waals surface area (Å²) in [6.07, 6.45) is -0.470. The summed E-state index contributed by atoms with van der Waals surface area (Å²) < 4.78 is 39.4. The van der Waals surface area contributed by atoms with Gasteiger partial charge >= 0.3 is 7.82 Å². The summed E-state index contributed by atoms with van der Waals surface area (Å²) >= 11 is 0. The van der Waals surface area contributed by atoms with E-state index in [0.717, 1.165) is 22.4 Å². The van der Waals surface area contributed by atoms with Crippen molar-refractivity contribution in [1.29, 1.82) is 0 Å². The van der Waals surface area contributed by atoms with E-state index in [1.165, 1.54) is 0 Å². The lowest BCUT2D eigenvalue weighted by atomic mass is 10.0. The van der Waals surface area contributed by atoms with Gasteiger partial charge in [0, 0.05) is 30.5 Å². The van der Waals surface area contributed by atoms with E-state index in [2.05, 4.69) is 17.2 Å². The molecule has 0 spiro atoms. The molecule has 2 aromatic carbocycles.